The Morgan fingerprint density at radius 2 is 2.12 bits per heavy atom. The third-order valence-electron chi connectivity index (χ3n) is 3.58. The molecule has 0 atom stereocenters. The Labute approximate surface area is 162 Å². The quantitative estimate of drug-likeness (QED) is 0.585. The fraction of sp³-hybridized carbons (Fsp3) is 0.250. The summed E-state index contributed by atoms with van der Waals surface area (Å²) < 4.78 is 36.9. The van der Waals surface area contributed by atoms with Crippen molar-refractivity contribution in [3.8, 4) is 0 Å². The lowest BCUT2D eigenvalue weighted by molar-refractivity contribution is 0.0969. The third-order valence-corrected chi connectivity index (χ3v) is 6.16. The van der Waals surface area contributed by atoms with E-state index in [1.54, 1.807) is 31.4 Å². The predicted octanol–water partition coefficient (Wildman–Crippen LogP) is 2.85. The molecule has 138 valence electrons. The summed E-state index contributed by atoms with van der Waals surface area (Å²) in [5.74, 6) is -0.402. The van der Waals surface area contributed by atoms with Gasteiger partial charge < -0.3 is 13.7 Å². The molecule has 0 saturated heterocycles. The van der Waals surface area contributed by atoms with Gasteiger partial charge in [0.25, 0.3) is 0 Å². The molecular weight excluding hydrogens is 444 g/mol. The molecule has 2 heterocycles. The highest BCUT2D eigenvalue weighted by molar-refractivity contribution is 9.10. The Hall–Kier alpha value is -1.75. The van der Waals surface area contributed by atoms with Crippen LogP contribution in [0.4, 0.5) is 0 Å². The number of carbonyl (C=O) groups excluding carboxylic acids is 1. The Morgan fingerprint density at radius 3 is 2.73 bits per heavy atom. The molecule has 0 spiro atoms. The minimum absolute atomic E-state index is 0.115. The van der Waals surface area contributed by atoms with Crippen LogP contribution in [0, 0.1) is 0 Å². The van der Waals surface area contributed by atoms with Crippen molar-refractivity contribution in [2.75, 3.05) is 20.0 Å². The van der Waals surface area contributed by atoms with Crippen LogP contribution in [-0.4, -0.2) is 38.9 Å². The van der Waals surface area contributed by atoms with Crippen LogP contribution in [0.5, 0.6) is 0 Å². The Kier molecular flexibility index (Phi) is 5.47. The van der Waals surface area contributed by atoms with Crippen molar-refractivity contribution in [1.29, 1.82) is 0 Å². The van der Waals surface area contributed by atoms with Gasteiger partial charge in [0, 0.05) is 19.9 Å². The number of nitrogens with zero attached hydrogens (tertiary/aromatic N) is 2. The summed E-state index contributed by atoms with van der Waals surface area (Å²) in [6, 6.07) is 7.99. The fourth-order valence-corrected chi connectivity index (χ4v) is 4.46. The van der Waals surface area contributed by atoms with Crippen molar-refractivity contribution in [2.24, 2.45) is 4.99 Å². The van der Waals surface area contributed by atoms with Crippen LogP contribution >= 0.6 is 27.3 Å². The van der Waals surface area contributed by atoms with Gasteiger partial charge in [0.15, 0.2) is 25.1 Å². The van der Waals surface area contributed by atoms with Crippen LogP contribution in [-0.2, 0) is 21.1 Å². The summed E-state index contributed by atoms with van der Waals surface area (Å²) in [5.41, 5.74) is 0.784. The molecular formula is C16H15BrN2O5S2. The number of fused-ring (bicyclic) bond motifs is 1. The maximum absolute atomic E-state index is 12.3. The maximum atomic E-state index is 12.3. The summed E-state index contributed by atoms with van der Waals surface area (Å²) >= 11 is 4.39. The van der Waals surface area contributed by atoms with E-state index in [4.69, 9.17) is 9.15 Å². The Morgan fingerprint density at radius 1 is 1.35 bits per heavy atom. The zero-order chi connectivity index (χ0) is 18.9. The standard InChI is InChI=1S/C16H15BrN2O5S2/c1-23-8-7-19-11-4-3-10(26(2,21)22)9-13(11)25-16(19)18-15(20)12-5-6-14(17)24-12/h3-6,9H,7-8H2,1-2H3. The normalized spacial score (nSPS) is 12.8. The lowest BCUT2D eigenvalue weighted by Gasteiger charge is -2.04. The molecule has 0 fully saturated rings. The summed E-state index contributed by atoms with van der Waals surface area (Å²) in [6.45, 7) is 0.899. The van der Waals surface area contributed by atoms with Gasteiger partial charge in [-0.05, 0) is 46.3 Å². The molecule has 26 heavy (non-hydrogen) atoms. The van der Waals surface area contributed by atoms with E-state index in [1.807, 2.05) is 4.57 Å². The molecule has 0 bridgehead atoms. The van der Waals surface area contributed by atoms with Gasteiger partial charge in [0.05, 0.1) is 21.7 Å². The molecule has 0 aliphatic rings. The van der Waals surface area contributed by atoms with Crippen LogP contribution < -0.4 is 4.80 Å². The molecule has 0 aliphatic heterocycles. The molecule has 0 saturated carbocycles. The lowest BCUT2D eigenvalue weighted by atomic mass is 10.3. The van der Waals surface area contributed by atoms with Gasteiger partial charge in [0.2, 0.25) is 0 Å². The fourth-order valence-electron chi connectivity index (χ4n) is 2.34. The molecule has 10 heteroatoms. The number of hydrogen-bond acceptors (Lipinski definition) is 6. The van der Waals surface area contributed by atoms with Crippen LogP contribution in [0.1, 0.15) is 10.6 Å². The lowest BCUT2D eigenvalue weighted by Crippen LogP contribution is -2.19. The van der Waals surface area contributed by atoms with E-state index < -0.39 is 15.7 Å². The summed E-state index contributed by atoms with van der Waals surface area (Å²) in [7, 11) is -1.74. The van der Waals surface area contributed by atoms with Crippen LogP contribution in [0.25, 0.3) is 10.2 Å². The number of thiazole rings is 1. The molecule has 0 N–H and O–H groups in total. The van der Waals surface area contributed by atoms with Gasteiger partial charge in [-0.15, -0.1) is 0 Å². The third kappa shape index (κ3) is 3.98. The highest BCUT2D eigenvalue weighted by Crippen LogP contribution is 2.22. The second-order valence-electron chi connectivity index (χ2n) is 5.45. The highest BCUT2D eigenvalue weighted by Gasteiger charge is 2.14. The van der Waals surface area contributed by atoms with E-state index in [0.717, 1.165) is 16.5 Å². The van der Waals surface area contributed by atoms with E-state index in [9.17, 15) is 13.2 Å². The van der Waals surface area contributed by atoms with Crippen molar-refractivity contribution >= 4 is 53.2 Å². The first kappa shape index (κ1) is 19.0. The van der Waals surface area contributed by atoms with E-state index in [0.29, 0.717) is 22.6 Å². The van der Waals surface area contributed by atoms with Crippen molar-refractivity contribution in [1.82, 2.24) is 4.57 Å². The number of benzene rings is 1. The Bertz CT molecular complexity index is 1140. The molecule has 1 aromatic carbocycles. The topological polar surface area (TPSA) is 90.9 Å². The summed E-state index contributed by atoms with van der Waals surface area (Å²) in [6.07, 6.45) is 1.16. The highest BCUT2D eigenvalue weighted by atomic mass is 79.9. The van der Waals surface area contributed by atoms with E-state index >= 15 is 0 Å². The zero-order valence-corrected chi connectivity index (χ0v) is 17.2. The first-order valence-corrected chi connectivity index (χ1v) is 11.0. The largest absolute Gasteiger partial charge is 0.444 e. The Balaban J connectivity index is 2.16. The zero-order valence-electron chi connectivity index (χ0n) is 13.9. The molecule has 2 aromatic heterocycles. The molecule has 0 aliphatic carbocycles. The minimum Gasteiger partial charge on any atom is -0.444 e. The van der Waals surface area contributed by atoms with Crippen LogP contribution in [0.15, 0.2) is 49.3 Å². The molecule has 7 nitrogen and oxygen atoms in total. The van der Waals surface area contributed by atoms with Gasteiger partial charge in [-0.3, -0.25) is 4.79 Å². The van der Waals surface area contributed by atoms with Gasteiger partial charge in [-0.25, -0.2) is 8.42 Å². The molecule has 0 radical (unpaired) electrons. The number of hydrogen-bond donors (Lipinski definition) is 0. The van der Waals surface area contributed by atoms with Crippen LogP contribution in [0.3, 0.4) is 0 Å². The summed E-state index contributed by atoms with van der Waals surface area (Å²) in [4.78, 5) is 17.2. The molecule has 0 unspecified atom stereocenters. The number of rotatable bonds is 5. The number of methoxy groups -OCH3 is 1. The maximum Gasteiger partial charge on any atom is 0.315 e. The van der Waals surface area contributed by atoms with Crippen molar-refractivity contribution in [3.63, 3.8) is 0 Å². The van der Waals surface area contributed by atoms with Crippen molar-refractivity contribution in [2.45, 2.75) is 11.4 Å². The van der Waals surface area contributed by atoms with Gasteiger partial charge >= 0.3 is 5.91 Å². The number of amides is 1. The number of ether oxygens (including phenoxy) is 1. The van der Waals surface area contributed by atoms with E-state index in [1.165, 1.54) is 17.4 Å². The number of sulfone groups is 1. The molecule has 3 aromatic rings. The average Bonchev–Trinajstić information content (AvgIpc) is 3.15. The monoisotopic (exact) mass is 458 g/mol. The van der Waals surface area contributed by atoms with E-state index in [-0.39, 0.29) is 10.7 Å². The number of furan rings is 1. The number of aromatic nitrogens is 1. The van der Waals surface area contributed by atoms with E-state index in [2.05, 4.69) is 20.9 Å². The smallest absolute Gasteiger partial charge is 0.315 e. The van der Waals surface area contributed by atoms with Crippen molar-refractivity contribution in [3.05, 3.63) is 45.6 Å². The number of carbonyl (C=O) groups is 1. The van der Waals surface area contributed by atoms with Gasteiger partial charge in [-0.1, -0.05) is 11.3 Å². The average molecular weight is 459 g/mol. The first-order valence-electron chi connectivity index (χ1n) is 7.46. The SMILES string of the molecule is COCCn1c(=NC(=O)c2ccc(Br)o2)sc2cc(S(C)(=O)=O)ccc21. The van der Waals surface area contributed by atoms with Gasteiger partial charge in [0.1, 0.15) is 0 Å². The summed E-state index contributed by atoms with van der Waals surface area (Å²) in [5, 5.41) is 0. The second-order valence-corrected chi connectivity index (χ2v) is 9.26. The van der Waals surface area contributed by atoms with Crippen molar-refractivity contribution < 1.29 is 22.4 Å². The minimum atomic E-state index is -3.32. The predicted molar refractivity (Wildman–Crippen MR) is 101 cm³/mol. The number of halogens is 1. The molecule has 3 rings (SSSR count). The van der Waals surface area contributed by atoms with Gasteiger partial charge in [-0.2, -0.15) is 4.99 Å². The molecule has 1 amide bonds. The second kappa shape index (κ2) is 7.47. The first-order chi connectivity index (χ1) is 12.3. The van der Waals surface area contributed by atoms with Crippen LogP contribution in [0.2, 0.25) is 0 Å².